The summed E-state index contributed by atoms with van der Waals surface area (Å²) in [6.07, 6.45) is 0. The van der Waals surface area contributed by atoms with E-state index >= 15 is 0 Å². The number of carbonyl (C=O) groups is 2. The van der Waals surface area contributed by atoms with Crippen LogP contribution in [0.25, 0.3) is 0 Å². The van der Waals surface area contributed by atoms with Gasteiger partial charge in [-0.15, -0.1) is 0 Å². The van der Waals surface area contributed by atoms with Crippen LogP contribution in [0.3, 0.4) is 0 Å². The fourth-order valence-corrected chi connectivity index (χ4v) is 4.81. The molecule has 0 unspecified atom stereocenters. The van der Waals surface area contributed by atoms with Crippen molar-refractivity contribution in [3.8, 4) is 5.75 Å². The van der Waals surface area contributed by atoms with E-state index in [1.54, 1.807) is 30.3 Å². The molecule has 0 aliphatic heterocycles. The number of benzene rings is 4. The van der Waals surface area contributed by atoms with Gasteiger partial charge in [0.15, 0.2) is 5.78 Å². The highest BCUT2D eigenvalue weighted by atomic mass is 35.5. The van der Waals surface area contributed by atoms with Gasteiger partial charge in [0.1, 0.15) is 11.6 Å². The van der Waals surface area contributed by atoms with Crippen molar-refractivity contribution in [2.45, 2.75) is 4.90 Å². The number of hydrogen-bond donors (Lipinski definition) is 2. The van der Waals surface area contributed by atoms with Crippen LogP contribution in [0.4, 0.5) is 15.8 Å². The summed E-state index contributed by atoms with van der Waals surface area (Å²) in [6, 6.07) is 21.7. The molecule has 37 heavy (non-hydrogen) atoms. The van der Waals surface area contributed by atoms with E-state index in [1.807, 2.05) is 0 Å². The van der Waals surface area contributed by atoms with Gasteiger partial charge in [-0.05, 0) is 48.5 Å². The Bertz CT molecular complexity index is 1590. The minimum Gasteiger partial charge on any atom is -0.495 e. The average Bonchev–Trinajstić information content (AvgIpc) is 2.90. The van der Waals surface area contributed by atoms with Gasteiger partial charge in [0.25, 0.3) is 15.9 Å². The smallest absolute Gasteiger partial charge is 0.261 e. The molecule has 0 radical (unpaired) electrons. The molecular weight excluding hydrogens is 519 g/mol. The van der Waals surface area contributed by atoms with Gasteiger partial charge >= 0.3 is 0 Å². The fourth-order valence-electron chi connectivity index (χ4n) is 3.53. The minimum atomic E-state index is -4.25. The second kappa shape index (κ2) is 10.8. The van der Waals surface area contributed by atoms with Gasteiger partial charge in [-0.1, -0.05) is 54.1 Å². The lowest BCUT2D eigenvalue weighted by Gasteiger charge is -2.15. The molecule has 188 valence electrons. The van der Waals surface area contributed by atoms with E-state index in [9.17, 15) is 22.4 Å². The normalized spacial score (nSPS) is 11.0. The average molecular weight is 539 g/mol. The maximum Gasteiger partial charge on any atom is 0.261 e. The molecule has 0 aromatic heterocycles. The standard InChI is InChI=1S/C27H20ClFN2O5S/c1-36-25-14-12-19(16-24(25)30-27(33)20-9-5-6-10-22(20)29)37(34,35)31-23-13-11-18(28)15-21(23)26(32)17-7-3-2-4-8-17/h2-16,31H,1H3,(H,30,33). The number of methoxy groups -OCH3 is 1. The molecule has 0 heterocycles. The van der Waals surface area contributed by atoms with Gasteiger partial charge in [0.2, 0.25) is 0 Å². The lowest BCUT2D eigenvalue weighted by molar-refractivity contribution is 0.101. The number of amides is 1. The van der Waals surface area contributed by atoms with E-state index in [0.29, 0.717) is 5.56 Å². The third-order valence-corrected chi connectivity index (χ3v) is 6.95. The molecule has 2 N–H and O–H groups in total. The molecule has 0 atom stereocenters. The zero-order chi connectivity index (χ0) is 26.6. The second-order valence-corrected chi connectivity index (χ2v) is 9.91. The van der Waals surface area contributed by atoms with Gasteiger partial charge < -0.3 is 10.1 Å². The summed E-state index contributed by atoms with van der Waals surface area (Å²) in [4.78, 5) is 25.5. The largest absolute Gasteiger partial charge is 0.495 e. The van der Waals surface area contributed by atoms with E-state index < -0.39 is 27.5 Å². The molecule has 0 fully saturated rings. The summed E-state index contributed by atoms with van der Waals surface area (Å²) in [7, 11) is -2.90. The van der Waals surface area contributed by atoms with E-state index in [0.717, 1.165) is 6.07 Å². The Morgan fingerprint density at radius 3 is 2.24 bits per heavy atom. The number of anilines is 2. The van der Waals surface area contributed by atoms with Crippen molar-refractivity contribution in [3.05, 3.63) is 119 Å². The Morgan fingerprint density at radius 2 is 1.54 bits per heavy atom. The van der Waals surface area contributed by atoms with Crippen LogP contribution < -0.4 is 14.8 Å². The van der Waals surface area contributed by atoms with Crippen LogP contribution in [0.2, 0.25) is 5.02 Å². The molecule has 1 amide bonds. The van der Waals surface area contributed by atoms with Gasteiger partial charge in [-0.2, -0.15) is 0 Å². The number of sulfonamides is 1. The van der Waals surface area contributed by atoms with E-state index in [-0.39, 0.29) is 38.2 Å². The number of nitrogens with one attached hydrogen (secondary N) is 2. The summed E-state index contributed by atoms with van der Waals surface area (Å²) in [6.45, 7) is 0. The van der Waals surface area contributed by atoms with Crippen molar-refractivity contribution in [1.82, 2.24) is 0 Å². The number of rotatable bonds is 8. The predicted octanol–water partition coefficient (Wildman–Crippen LogP) is 5.77. The molecule has 4 aromatic carbocycles. The lowest BCUT2D eigenvalue weighted by atomic mass is 10.0. The highest BCUT2D eigenvalue weighted by molar-refractivity contribution is 7.92. The first-order chi connectivity index (χ1) is 17.7. The Morgan fingerprint density at radius 1 is 0.838 bits per heavy atom. The lowest BCUT2D eigenvalue weighted by Crippen LogP contribution is -2.18. The topological polar surface area (TPSA) is 102 Å². The van der Waals surface area contributed by atoms with Gasteiger partial charge in [-0.3, -0.25) is 14.3 Å². The molecule has 4 rings (SSSR count). The van der Waals surface area contributed by atoms with E-state index in [2.05, 4.69) is 10.0 Å². The Hall–Kier alpha value is -4.21. The van der Waals surface area contributed by atoms with Crippen molar-refractivity contribution in [1.29, 1.82) is 0 Å². The van der Waals surface area contributed by atoms with Crippen LogP contribution in [0.1, 0.15) is 26.3 Å². The predicted molar refractivity (Wildman–Crippen MR) is 139 cm³/mol. The zero-order valence-corrected chi connectivity index (χ0v) is 20.9. The van der Waals surface area contributed by atoms with Crippen molar-refractivity contribution in [2.24, 2.45) is 0 Å². The van der Waals surface area contributed by atoms with Crippen molar-refractivity contribution < 1.29 is 27.1 Å². The Kier molecular flexibility index (Phi) is 7.56. The first-order valence-electron chi connectivity index (χ1n) is 10.9. The second-order valence-electron chi connectivity index (χ2n) is 7.79. The highest BCUT2D eigenvalue weighted by Gasteiger charge is 2.22. The SMILES string of the molecule is COc1ccc(S(=O)(=O)Nc2ccc(Cl)cc2C(=O)c2ccccc2)cc1NC(=O)c1ccccc1F. The van der Waals surface area contributed by atoms with Crippen LogP contribution in [0, 0.1) is 5.82 Å². The van der Waals surface area contributed by atoms with Crippen LogP contribution in [0.15, 0.2) is 95.9 Å². The van der Waals surface area contributed by atoms with Crippen LogP contribution in [0.5, 0.6) is 5.75 Å². The minimum absolute atomic E-state index is 0.00956. The number of ketones is 1. The number of carbonyl (C=O) groups excluding carboxylic acids is 2. The Labute approximate surface area is 217 Å². The molecule has 0 saturated heterocycles. The first-order valence-corrected chi connectivity index (χ1v) is 12.7. The van der Waals surface area contributed by atoms with Crippen molar-refractivity contribution >= 4 is 44.7 Å². The monoisotopic (exact) mass is 538 g/mol. The van der Waals surface area contributed by atoms with Crippen LogP contribution in [-0.4, -0.2) is 27.2 Å². The zero-order valence-electron chi connectivity index (χ0n) is 19.4. The molecular formula is C27H20ClFN2O5S. The third-order valence-electron chi connectivity index (χ3n) is 5.35. The van der Waals surface area contributed by atoms with Crippen LogP contribution in [-0.2, 0) is 10.0 Å². The molecule has 0 bridgehead atoms. The quantitative estimate of drug-likeness (QED) is 0.277. The molecule has 0 saturated carbocycles. The van der Waals surface area contributed by atoms with Gasteiger partial charge in [-0.25, -0.2) is 12.8 Å². The maximum absolute atomic E-state index is 14.1. The van der Waals surface area contributed by atoms with Gasteiger partial charge in [0.05, 0.1) is 28.9 Å². The maximum atomic E-state index is 14.1. The summed E-state index contributed by atoms with van der Waals surface area (Å²) in [5.74, 6) is -1.78. The molecule has 0 aliphatic rings. The number of hydrogen-bond acceptors (Lipinski definition) is 5. The summed E-state index contributed by atoms with van der Waals surface area (Å²) in [5, 5.41) is 2.74. The van der Waals surface area contributed by atoms with E-state index in [4.69, 9.17) is 16.3 Å². The van der Waals surface area contributed by atoms with Crippen molar-refractivity contribution in [3.63, 3.8) is 0 Å². The fraction of sp³-hybridized carbons (Fsp3) is 0.0370. The molecule has 0 spiro atoms. The summed E-state index contributed by atoms with van der Waals surface area (Å²) >= 11 is 6.09. The molecule has 0 aliphatic carbocycles. The van der Waals surface area contributed by atoms with Crippen molar-refractivity contribution in [2.75, 3.05) is 17.1 Å². The molecule has 4 aromatic rings. The van der Waals surface area contributed by atoms with E-state index in [1.165, 1.54) is 61.7 Å². The highest BCUT2D eigenvalue weighted by Crippen LogP contribution is 2.31. The summed E-state index contributed by atoms with van der Waals surface area (Å²) < 4.78 is 48.3. The number of halogens is 2. The molecule has 7 nitrogen and oxygen atoms in total. The Balaban J connectivity index is 1.67. The number of ether oxygens (including phenoxy) is 1. The third kappa shape index (κ3) is 5.79. The van der Waals surface area contributed by atoms with Gasteiger partial charge in [0, 0.05) is 16.1 Å². The molecule has 10 heteroatoms. The summed E-state index contributed by atoms with van der Waals surface area (Å²) in [5.41, 5.74) is 0.221. The first kappa shape index (κ1) is 25.9. The van der Waals surface area contributed by atoms with Crippen LogP contribution >= 0.6 is 11.6 Å².